The normalized spacial score (nSPS) is 25.3. The van der Waals surface area contributed by atoms with Crippen LogP contribution in [0.1, 0.15) is 30.4 Å². The maximum absolute atomic E-state index is 5.71. The number of nitrogens with two attached hydrogens (primary N) is 1. The molecule has 98 valence electrons. The topological polar surface area (TPSA) is 29.3 Å². The highest BCUT2D eigenvalue weighted by atomic mass is 15.2. The molecule has 2 aliphatic rings. The second-order valence-corrected chi connectivity index (χ2v) is 5.91. The third-order valence-corrected chi connectivity index (χ3v) is 4.67. The molecule has 1 atom stereocenters. The maximum atomic E-state index is 5.71. The summed E-state index contributed by atoms with van der Waals surface area (Å²) in [5.41, 5.74) is 8.85. The van der Waals surface area contributed by atoms with Gasteiger partial charge in [0.15, 0.2) is 0 Å². The lowest BCUT2D eigenvalue weighted by molar-refractivity contribution is 0.123. The molecule has 3 rings (SSSR count). The predicted molar refractivity (Wildman–Crippen MR) is 75.6 cm³/mol. The third kappa shape index (κ3) is 2.45. The second kappa shape index (κ2) is 5.41. The van der Waals surface area contributed by atoms with Crippen LogP contribution in [-0.2, 0) is 12.8 Å². The first kappa shape index (κ1) is 12.2. The molecule has 2 N–H and O–H groups in total. The first-order valence-corrected chi connectivity index (χ1v) is 7.37. The Kier molecular flexibility index (Phi) is 3.67. The standard InChI is InChI=1S/C16H24N2/c17-8-7-13-4-3-9-18(12-13)16-10-14-5-1-2-6-15(14)11-16/h1-2,5-6,13,16H,3-4,7-12,17H2. The van der Waals surface area contributed by atoms with Gasteiger partial charge in [-0.25, -0.2) is 0 Å². The highest BCUT2D eigenvalue weighted by Gasteiger charge is 2.29. The van der Waals surface area contributed by atoms with Crippen LogP contribution in [0.2, 0.25) is 0 Å². The van der Waals surface area contributed by atoms with Crippen molar-refractivity contribution in [2.24, 2.45) is 11.7 Å². The van der Waals surface area contributed by atoms with Crippen LogP contribution in [0.5, 0.6) is 0 Å². The van der Waals surface area contributed by atoms with Gasteiger partial charge in [0.1, 0.15) is 0 Å². The Balaban J connectivity index is 1.63. The van der Waals surface area contributed by atoms with E-state index in [1.165, 1.54) is 45.2 Å². The maximum Gasteiger partial charge on any atom is 0.0176 e. The van der Waals surface area contributed by atoms with Crippen LogP contribution in [0, 0.1) is 5.92 Å². The molecule has 2 heteroatoms. The number of piperidine rings is 1. The van der Waals surface area contributed by atoms with Gasteiger partial charge < -0.3 is 5.73 Å². The van der Waals surface area contributed by atoms with Crippen LogP contribution in [0.4, 0.5) is 0 Å². The lowest BCUT2D eigenvalue weighted by Crippen LogP contribution is -2.43. The van der Waals surface area contributed by atoms with Crippen molar-refractivity contribution in [3.05, 3.63) is 35.4 Å². The van der Waals surface area contributed by atoms with E-state index in [0.717, 1.165) is 18.5 Å². The summed E-state index contributed by atoms with van der Waals surface area (Å²) in [4.78, 5) is 2.73. The number of benzene rings is 1. The van der Waals surface area contributed by atoms with E-state index in [4.69, 9.17) is 5.73 Å². The molecule has 0 radical (unpaired) electrons. The first-order chi connectivity index (χ1) is 8.86. The van der Waals surface area contributed by atoms with Gasteiger partial charge >= 0.3 is 0 Å². The minimum atomic E-state index is 0.753. The van der Waals surface area contributed by atoms with Gasteiger partial charge in [-0.15, -0.1) is 0 Å². The molecule has 1 aliphatic carbocycles. The molecule has 1 saturated heterocycles. The number of fused-ring (bicyclic) bond motifs is 1. The van der Waals surface area contributed by atoms with Gasteiger partial charge in [0.2, 0.25) is 0 Å². The number of rotatable bonds is 3. The molecule has 0 aromatic heterocycles. The van der Waals surface area contributed by atoms with Gasteiger partial charge in [0.05, 0.1) is 0 Å². The summed E-state index contributed by atoms with van der Waals surface area (Å²) in [7, 11) is 0. The lowest BCUT2D eigenvalue weighted by Gasteiger charge is -2.36. The summed E-state index contributed by atoms with van der Waals surface area (Å²) in [6.45, 7) is 3.42. The van der Waals surface area contributed by atoms with Crippen LogP contribution in [0.25, 0.3) is 0 Å². The van der Waals surface area contributed by atoms with Gasteiger partial charge in [-0.05, 0) is 62.2 Å². The molecule has 1 aliphatic heterocycles. The molecular weight excluding hydrogens is 220 g/mol. The summed E-state index contributed by atoms with van der Waals surface area (Å²) in [5.74, 6) is 0.840. The summed E-state index contributed by atoms with van der Waals surface area (Å²) >= 11 is 0. The molecule has 1 heterocycles. The summed E-state index contributed by atoms with van der Waals surface area (Å²) in [6, 6.07) is 9.71. The number of hydrogen-bond acceptors (Lipinski definition) is 2. The zero-order valence-electron chi connectivity index (χ0n) is 11.1. The fourth-order valence-corrected chi connectivity index (χ4v) is 3.69. The van der Waals surface area contributed by atoms with Gasteiger partial charge in [-0.3, -0.25) is 4.90 Å². The molecule has 1 aromatic carbocycles. The van der Waals surface area contributed by atoms with E-state index in [1.807, 2.05) is 0 Å². The van der Waals surface area contributed by atoms with E-state index in [2.05, 4.69) is 29.2 Å². The molecule has 2 nitrogen and oxygen atoms in total. The first-order valence-electron chi connectivity index (χ1n) is 7.37. The van der Waals surface area contributed by atoms with Gasteiger partial charge in [-0.2, -0.15) is 0 Å². The van der Waals surface area contributed by atoms with E-state index in [9.17, 15) is 0 Å². The average molecular weight is 244 g/mol. The van der Waals surface area contributed by atoms with E-state index >= 15 is 0 Å². The van der Waals surface area contributed by atoms with Crippen molar-refractivity contribution in [1.29, 1.82) is 0 Å². The lowest BCUT2D eigenvalue weighted by atomic mass is 9.93. The molecule has 18 heavy (non-hydrogen) atoms. The third-order valence-electron chi connectivity index (χ3n) is 4.67. The van der Waals surface area contributed by atoms with Gasteiger partial charge in [-0.1, -0.05) is 24.3 Å². The molecular formula is C16H24N2. The van der Waals surface area contributed by atoms with E-state index < -0.39 is 0 Å². The number of hydrogen-bond donors (Lipinski definition) is 1. The smallest absolute Gasteiger partial charge is 0.0176 e. The Morgan fingerprint density at radius 1 is 1.17 bits per heavy atom. The van der Waals surface area contributed by atoms with Crippen molar-refractivity contribution < 1.29 is 0 Å². The van der Waals surface area contributed by atoms with E-state index in [0.29, 0.717) is 0 Å². The highest BCUT2D eigenvalue weighted by Crippen LogP contribution is 2.29. The summed E-state index contributed by atoms with van der Waals surface area (Å²) in [5, 5.41) is 0. The monoisotopic (exact) mass is 244 g/mol. The Labute approximate surface area is 110 Å². The van der Waals surface area contributed by atoms with Crippen LogP contribution < -0.4 is 5.73 Å². The second-order valence-electron chi connectivity index (χ2n) is 5.91. The van der Waals surface area contributed by atoms with Crippen LogP contribution in [0.15, 0.2) is 24.3 Å². The zero-order chi connectivity index (χ0) is 12.4. The Morgan fingerprint density at radius 3 is 2.56 bits per heavy atom. The molecule has 0 spiro atoms. The number of likely N-dealkylation sites (tertiary alicyclic amines) is 1. The fourth-order valence-electron chi connectivity index (χ4n) is 3.69. The largest absolute Gasteiger partial charge is 0.330 e. The Morgan fingerprint density at radius 2 is 1.89 bits per heavy atom. The van der Waals surface area contributed by atoms with E-state index in [1.54, 1.807) is 11.1 Å². The van der Waals surface area contributed by atoms with Crippen LogP contribution in [0.3, 0.4) is 0 Å². The minimum absolute atomic E-state index is 0.753. The summed E-state index contributed by atoms with van der Waals surface area (Å²) < 4.78 is 0. The van der Waals surface area contributed by atoms with Crippen molar-refractivity contribution in [2.45, 2.75) is 38.1 Å². The molecule has 1 fully saturated rings. The molecule has 1 unspecified atom stereocenters. The quantitative estimate of drug-likeness (QED) is 0.883. The number of nitrogens with zero attached hydrogens (tertiary/aromatic N) is 1. The Hall–Kier alpha value is -0.860. The van der Waals surface area contributed by atoms with Crippen LogP contribution >= 0.6 is 0 Å². The zero-order valence-corrected chi connectivity index (χ0v) is 11.1. The van der Waals surface area contributed by atoms with Crippen LogP contribution in [-0.4, -0.2) is 30.6 Å². The Bertz CT molecular complexity index is 375. The molecule has 0 saturated carbocycles. The van der Waals surface area contributed by atoms with Crippen molar-refractivity contribution in [1.82, 2.24) is 4.90 Å². The van der Waals surface area contributed by atoms with E-state index in [-0.39, 0.29) is 0 Å². The van der Waals surface area contributed by atoms with Crippen molar-refractivity contribution in [3.63, 3.8) is 0 Å². The summed E-state index contributed by atoms with van der Waals surface area (Å²) in [6.07, 6.45) is 6.46. The van der Waals surface area contributed by atoms with Crippen molar-refractivity contribution in [3.8, 4) is 0 Å². The average Bonchev–Trinajstić information content (AvgIpc) is 2.83. The SMILES string of the molecule is NCCC1CCCN(C2Cc3ccccc3C2)C1. The fraction of sp³-hybridized carbons (Fsp3) is 0.625. The van der Waals surface area contributed by atoms with Gasteiger partial charge in [0, 0.05) is 12.6 Å². The molecule has 0 bridgehead atoms. The van der Waals surface area contributed by atoms with Crippen molar-refractivity contribution in [2.75, 3.05) is 19.6 Å². The van der Waals surface area contributed by atoms with Crippen molar-refractivity contribution >= 4 is 0 Å². The van der Waals surface area contributed by atoms with Gasteiger partial charge in [0.25, 0.3) is 0 Å². The predicted octanol–water partition coefficient (Wildman–Crippen LogP) is 2.21. The highest BCUT2D eigenvalue weighted by molar-refractivity contribution is 5.33. The molecule has 1 aromatic rings. The minimum Gasteiger partial charge on any atom is -0.330 e. The molecule has 0 amide bonds.